The van der Waals surface area contributed by atoms with Crippen molar-refractivity contribution in [1.82, 2.24) is 14.5 Å². The van der Waals surface area contributed by atoms with Crippen molar-refractivity contribution in [3.8, 4) is 0 Å². The minimum Gasteiger partial charge on any atom is -0.348 e. The summed E-state index contributed by atoms with van der Waals surface area (Å²) in [7, 11) is 1.87. The molecule has 2 rings (SSSR count). The first-order valence-electron chi connectivity index (χ1n) is 6.08. The standard InChI is InChI=1S/C14H17N3OS/c1-9-10(2)15-14(16-11(9)3)19-8-13(18)12-6-5-7-17(12)4/h5-7H,8H2,1-4H3. The predicted molar refractivity (Wildman–Crippen MR) is 76.7 cm³/mol. The van der Waals surface area contributed by atoms with E-state index in [1.807, 2.05) is 50.7 Å². The number of carbonyl (C=O) groups excluding carboxylic acids is 1. The number of aromatic nitrogens is 3. The molecule has 0 spiro atoms. The SMILES string of the molecule is Cc1nc(SCC(=O)c2cccn2C)nc(C)c1C. The van der Waals surface area contributed by atoms with Gasteiger partial charge in [-0.15, -0.1) is 0 Å². The van der Waals surface area contributed by atoms with Gasteiger partial charge in [-0.1, -0.05) is 11.8 Å². The topological polar surface area (TPSA) is 47.8 Å². The molecule has 0 saturated carbocycles. The molecule has 0 aliphatic carbocycles. The number of ketones is 1. The van der Waals surface area contributed by atoms with Gasteiger partial charge in [-0.2, -0.15) is 0 Å². The predicted octanol–water partition coefficient (Wildman–Crippen LogP) is 2.72. The molecular weight excluding hydrogens is 258 g/mol. The molecular formula is C14H17N3OS. The largest absolute Gasteiger partial charge is 0.348 e. The van der Waals surface area contributed by atoms with Crippen LogP contribution < -0.4 is 0 Å². The molecule has 0 saturated heterocycles. The van der Waals surface area contributed by atoms with Crippen LogP contribution in [0, 0.1) is 20.8 Å². The van der Waals surface area contributed by atoms with Crippen LogP contribution in [0.4, 0.5) is 0 Å². The van der Waals surface area contributed by atoms with Gasteiger partial charge in [0.2, 0.25) is 0 Å². The van der Waals surface area contributed by atoms with E-state index in [-0.39, 0.29) is 5.78 Å². The first-order valence-corrected chi connectivity index (χ1v) is 7.06. The number of rotatable bonds is 4. The Bertz CT molecular complexity index is 596. The van der Waals surface area contributed by atoms with Crippen molar-refractivity contribution < 1.29 is 4.79 Å². The molecule has 0 unspecified atom stereocenters. The zero-order valence-electron chi connectivity index (χ0n) is 11.6. The highest BCUT2D eigenvalue weighted by Gasteiger charge is 2.11. The van der Waals surface area contributed by atoms with Gasteiger partial charge in [0, 0.05) is 24.6 Å². The Morgan fingerprint density at radius 1 is 1.26 bits per heavy atom. The third-order valence-corrected chi connectivity index (χ3v) is 4.02. The third-order valence-electron chi connectivity index (χ3n) is 3.17. The van der Waals surface area contributed by atoms with Crippen LogP contribution in [0.15, 0.2) is 23.5 Å². The molecule has 0 radical (unpaired) electrons. The summed E-state index contributed by atoms with van der Waals surface area (Å²) >= 11 is 1.39. The van der Waals surface area contributed by atoms with Crippen molar-refractivity contribution in [3.05, 3.63) is 41.0 Å². The lowest BCUT2D eigenvalue weighted by Gasteiger charge is -2.06. The molecule has 0 aliphatic rings. The van der Waals surface area contributed by atoms with Crippen LogP contribution in [-0.2, 0) is 7.05 Å². The molecule has 2 heterocycles. The Hall–Kier alpha value is -1.62. The van der Waals surface area contributed by atoms with Gasteiger partial charge in [0.25, 0.3) is 0 Å². The molecule has 0 aliphatic heterocycles. The summed E-state index contributed by atoms with van der Waals surface area (Å²) in [6.07, 6.45) is 1.87. The first-order chi connectivity index (χ1) is 8.99. The molecule has 0 N–H and O–H groups in total. The number of hydrogen-bond donors (Lipinski definition) is 0. The van der Waals surface area contributed by atoms with Crippen LogP contribution in [0.2, 0.25) is 0 Å². The highest BCUT2D eigenvalue weighted by molar-refractivity contribution is 7.99. The molecule has 0 aromatic carbocycles. The van der Waals surface area contributed by atoms with Crippen molar-refractivity contribution >= 4 is 17.5 Å². The monoisotopic (exact) mass is 275 g/mol. The smallest absolute Gasteiger partial charge is 0.189 e. The maximum absolute atomic E-state index is 12.0. The van der Waals surface area contributed by atoms with Gasteiger partial charge in [0.05, 0.1) is 11.4 Å². The normalized spacial score (nSPS) is 10.7. The highest BCUT2D eigenvalue weighted by atomic mass is 32.2. The Labute approximate surface area is 117 Å². The maximum Gasteiger partial charge on any atom is 0.189 e. The third kappa shape index (κ3) is 3.04. The molecule has 2 aromatic rings. The molecule has 5 heteroatoms. The summed E-state index contributed by atoms with van der Waals surface area (Å²) in [6.45, 7) is 5.94. The van der Waals surface area contributed by atoms with Gasteiger partial charge in [0.1, 0.15) is 0 Å². The number of Topliss-reactive ketones (excluding diaryl/α,β-unsaturated/α-hetero) is 1. The molecule has 0 bridgehead atoms. The minimum atomic E-state index is 0.0944. The number of aryl methyl sites for hydroxylation is 3. The fourth-order valence-electron chi connectivity index (χ4n) is 1.76. The van der Waals surface area contributed by atoms with Gasteiger partial charge in [-0.3, -0.25) is 4.79 Å². The second-order valence-corrected chi connectivity index (χ2v) is 5.46. The van der Waals surface area contributed by atoms with Crippen molar-refractivity contribution in [2.75, 3.05) is 5.75 Å². The summed E-state index contributed by atoms with van der Waals surface area (Å²) in [5.41, 5.74) is 3.77. The van der Waals surface area contributed by atoms with Gasteiger partial charge >= 0.3 is 0 Å². The van der Waals surface area contributed by atoms with Gasteiger partial charge in [-0.05, 0) is 38.5 Å². The molecule has 0 atom stereocenters. The van der Waals surface area contributed by atoms with Crippen LogP contribution >= 0.6 is 11.8 Å². The van der Waals surface area contributed by atoms with Crippen molar-refractivity contribution in [3.63, 3.8) is 0 Å². The van der Waals surface area contributed by atoms with E-state index in [0.717, 1.165) is 17.0 Å². The van der Waals surface area contributed by atoms with E-state index in [1.165, 1.54) is 11.8 Å². The number of carbonyl (C=O) groups is 1. The molecule has 4 nitrogen and oxygen atoms in total. The Morgan fingerprint density at radius 3 is 2.42 bits per heavy atom. The van der Waals surface area contributed by atoms with Crippen LogP contribution in [0.25, 0.3) is 0 Å². The second-order valence-electron chi connectivity index (χ2n) is 4.52. The van der Waals surface area contributed by atoms with E-state index in [1.54, 1.807) is 0 Å². The second kappa shape index (κ2) is 5.57. The zero-order chi connectivity index (χ0) is 14.0. The van der Waals surface area contributed by atoms with Gasteiger partial charge in [0.15, 0.2) is 10.9 Å². The lowest BCUT2D eigenvalue weighted by molar-refractivity contribution is 0.101. The van der Waals surface area contributed by atoms with E-state index >= 15 is 0 Å². The summed E-state index contributed by atoms with van der Waals surface area (Å²) in [5, 5.41) is 0.670. The molecule has 19 heavy (non-hydrogen) atoms. The number of thioether (sulfide) groups is 1. The number of nitrogens with zero attached hydrogens (tertiary/aromatic N) is 3. The average Bonchev–Trinajstić information content (AvgIpc) is 2.79. The van der Waals surface area contributed by atoms with Gasteiger partial charge < -0.3 is 4.57 Å². The van der Waals surface area contributed by atoms with Crippen molar-refractivity contribution in [2.24, 2.45) is 7.05 Å². The average molecular weight is 275 g/mol. The number of hydrogen-bond acceptors (Lipinski definition) is 4. The lowest BCUT2D eigenvalue weighted by Crippen LogP contribution is -2.08. The lowest BCUT2D eigenvalue weighted by atomic mass is 10.2. The van der Waals surface area contributed by atoms with Gasteiger partial charge in [-0.25, -0.2) is 9.97 Å². The minimum absolute atomic E-state index is 0.0944. The van der Waals surface area contributed by atoms with Crippen LogP contribution in [0.3, 0.4) is 0 Å². The Morgan fingerprint density at radius 2 is 1.89 bits per heavy atom. The van der Waals surface area contributed by atoms with E-state index in [0.29, 0.717) is 16.6 Å². The van der Waals surface area contributed by atoms with Crippen molar-refractivity contribution in [1.29, 1.82) is 0 Å². The van der Waals surface area contributed by atoms with E-state index in [9.17, 15) is 4.79 Å². The summed E-state index contributed by atoms with van der Waals surface area (Å²) < 4.78 is 1.83. The molecule has 0 amide bonds. The molecule has 2 aromatic heterocycles. The fourth-order valence-corrected chi connectivity index (χ4v) is 2.57. The quantitative estimate of drug-likeness (QED) is 0.489. The zero-order valence-corrected chi connectivity index (χ0v) is 12.4. The summed E-state index contributed by atoms with van der Waals surface area (Å²) in [5.74, 6) is 0.455. The van der Waals surface area contributed by atoms with E-state index in [2.05, 4.69) is 9.97 Å². The van der Waals surface area contributed by atoms with E-state index < -0.39 is 0 Å². The van der Waals surface area contributed by atoms with E-state index in [4.69, 9.17) is 0 Å². The highest BCUT2D eigenvalue weighted by Crippen LogP contribution is 2.18. The molecule has 100 valence electrons. The first kappa shape index (κ1) is 13.8. The Balaban J connectivity index is 2.07. The van der Waals surface area contributed by atoms with Crippen LogP contribution in [0.1, 0.15) is 27.4 Å². The van der Waals surface area contributed by atoms with Crippen LogP contribution in [-0.4, -0.2) is 26.1 Å². The molecule has 0 fully saturated rings. The summed E-state index contributed by atoms with van der Waals surface area (Å²) in [6, 6.07) is 3.70. The summed E-state index contributed by atoms with van der Waals surface area (Å²) in [4.78, 5) is 20.8. The fraction of sp³-hybridized carbons (Fsp3) is 0.357. The van der Waals surface area contributed by atoms with Crippen LogP contribution in [0.5, 0.6) is 0 Å². The van der Waals surface area contributed by atoms with Crippen molar-refractivity contribution in [2.45, 2.75) is 25.9 Å². The maximum atomic E-state index is 12.0. The Kier molecular flexibility index (Phi) is 4.04.